The molecule has 0 radical (unpaired) electrons. The van der Waals surface area contributed by atoms with Crippen LogP contribution < -0.4 is 0 Å². The van der Waals surface area contributed by atoms with Gasteiger partial charge in [0.05, 0.1) is 59.3 Å². The molecule has 0 aromatic heterocycles. The Bertz CT molecular complexity index is 638. The number of carbonyl (C=O) groups is 6. The lowest BCUT2D eigenvalue weighted by Gasteiger charge is -2.08. The van der Waals surface area contributed by atoms with E-state index in [9.17, 15) is 28.8 Å². The summed E-state index contributed by atoms with van der Waals surface area (Å²) in [4.78, 5) is 64.7. The summed E-state index contributed by atoms with van der Waals surface area (Å²) in [5.41, 5.74) is -0.681. The van der Waals surface area contributed by atoms with Crippen molar-refractivity contribution in [1.82, 2.24) is 0 Å². The number of aldehydes is 1. The van der Waals surface area contributed by atoms with Gasteiger partial charge in [0.2, 0.25) is 0 Å². The van der Waals surface area contributed by atoms with Gasteiger partial charge < -0.3 is 52.3 Å². The molecular formula is C24H41BO12. The topological polar surface area (TPSA) is 158 Å². The van der Waals surface area contributed by atoms with E-state index in [4.69, 9.17) is 23.6 Å². The zero-order valence-electron chi connectivity index (χ0n) is 22.5. The van der Waals surface area contributed by atoms with E-state index in [-0.39, 0.29) is 48.8 Å². The molecule has 1 aliphatic rings. The number of ether oxygens (including phenoxy) is 5. The van der Waals surface area contributed by atoms with Crippen LogP contribution in [0.15, 0.2) is 0 Å². The van der Waals surface area contributed by atoms with Crippen molar-refractivity contribution in [3.05, 3.63) is 0 Å². The highest BCUT2D eigenvalue weighted by Crippen LogP contribution is 2.11. The van der Waals surface area contributed by atoms with Crippen molar-refractivity contribution in [1.29, 1.82) is 0 Å². The third kappa shape index (κ3) is 26.6. The van der Waals surface area contributed by atoms with Crippen molar-refractivity contribution < 1.29 is 57.1 Å². The minimum Gasteiger partial charge on any atom is -0.521 e. The summed E-state index contributed by atoms with van der Waals surface area (Å²) in [6.07, 6.45) is 2.24. The van der Waals surface area contributed by atoms with Crippen molar-refractivity contribution in [2.75, 3.05) is 67.1 Å². The number of rotatable bonds is 19. The molecule has 1 rings (SSSR count). The molecule has 0 N–H and O–H groups in total. The third-order valence-corrected chi connectivity index (χ3v) is 4.23. The molecule has 0 unspecified atom stereocenters. The first kappa shape index (κ1) is 36.8. The number of hydrogen-bond acceptors (Lipinski definition) is 12. The molecule has 1 fully saturated rings. The van der Waals surface area contributed by atoms with E-state index in [1.54, 1.807) is 14.2 Å². The Kier molecular flexibility index (Phi) is 26.6. The number of methoxy groups -OCH3 is 1. The molecule has 12 nitrogen and oxygen atoms in total. The predicted octanol–water partition coefficient (Wildman–Crippen LogP) is 0.784. The molecule has 212 valence electrons. The molecule has 0 saturated carbocycles. The molecule has 0 bridgehead atoms. The SMILES string of the molecule is CC(=O)CCC(C)=O.COC.O=CCCOCCOCCOCCOCCC(=O)OB1C(=O)CCC1=O. The molecule has 0 aromatic carbocycles. The number of Topliss-reactive ketones (excluding diaryl/α,β-unsaturated/α-hetero) is 2. The van der Waals surface area contributed by atoms with Crippen LogP contribution in [0.25, 0.3) is 0 Å². The average molecular weight is 532 g/mol. The number of hydrogen-bond donors (Lipinski definition) is 0. The van der Waals surface area contributed by atoms with Crippen LogP contribution in [0.1, 0.15) is 52.4 Å². The van der Waals surface area contributed by atoms with Gasteiger partial charge in [-0.1, -0.05) is 0 Å². The van der Waals surface area contributed by atoms with Crippen molar-refractivity contribution >= 4 is 42.1 Å². The smallest absolute Gasteiger partial charge is 0.503 e. The largest absolute Gasteiger partial charge is 0.521 e. The average Bonchev–Trinajstić information content (AvgIpc) is 3.16. The van der Waals surface area contributed by atoms with Crippen LogP contribution in [-0.4, -0.2) is 109 Å². The highest BCUT2D eigenvalue weighted by molar-refractivity contribution is 7.09. The molecule has 0 amide bonds. The van der Waals surface area contributed by atoms with Crippen molar-refractivity contribution in [3.63, 3.8) is 0 Å². The summed E-state index contributed by atoms with van der Waals surface area (Å²) >= 11 is 0. The highest BCUT2D eigenvalue weighted by Gasteiger charge is 2.42. The molecule has 0 aliphatic carbocycles. The maximum absolute atomic E-state index is 11.5. The molecule has 37 heavy (non-hydrogen) atoms. The van der Waals surface area contributed by atoms with Crippen molar-refractivity contribution in [3.8, 4) is 0 Å². The summed E-state index contributed by atoms with van der Waals surface area (Å²) in [6.45, 7) is 4.66. The molecule has 0 spiro atoms. The number of carbonyl (C=O) groups excluding carboxylic acids is 6. The summed E-state index contributed by atoms with van der Waals surface area (Å²) < 4.78 is 30.0. The zero-order valence-corrected chi connectivity index (χ0v) is 22.5. The van der Waals surface area contributed by atoms with Gasteiger partial charge in [-0.25, -0.2) is 0 Å². The first-order valence-corrected chi connectivity index (χ1v) is 12.1. The number of ketones is 2. The standard InChI is InChI=1S/C16H25BO9.C6H10O2.C2H6O/c18-5-1-6-22-8-10-24-12-13-25-11-9-23-7-4-16(21)26-17-14(19)2-3-15(17)20;1-5(7)3-4-6(2)8;1-3-2/h5H,1-4,6-13H2;3-4H2,1-2H3;1-2H3. The van der Waals surface area contributed by atoms with Crippen LogP contribution in [0.4, 0.5) is 0 Å². The quantitative estimate of drug-likeness (QED) is 0.131. The summed E-state index contributed by atoms with van der Waals surface area (Å²) in [5, 5.41) is 0. The monoisotopic (exact) mass is 532 g/mol. The second-order valence-electron chi connectivity index (χ2n) is 7.77. The van der Waals surface area contributed by atoms with Gasteiger partial charge in [-0.3, -0.25) is 4.79 Å². The van der Waals surface area contributed by atoms with Crippen LogP contribution in [0, 0.1) is 0 Å². The van der Waals surface area contributed by atoms with Crippen LogP contribution in [0.2, 0.25) is 0 Å². The Morgan fingerprint density at radius 3 is 1.46 bits per heavy atom. The van der Waals surface area contributed by atoms with E-state index in [0.29, 0.717) is 65.5 Å². The second-order valence-corrected chi connectivity index (χ2v) is 7.77. The molecular weight excluding hydrogens is 491 g/mol. The Balaban J connectivity index is 0. The van der Waals surface area contributed by atoms with E-state index >= 15 is 0 Å². The van der Waals surface area contributed by atoms with Gasteiger partial charge in [0.25, 0.3) is 5.97 Å². The van der Waals surface area contributed by atoms with Gasteiger partial charge in [0.15, 0.2) is 11.4 Å². The van der Waals surface area contributed by atoms with E-state index in [1.807, 2.05) is 0 Å². The lowest BCUT2D eigenvalue weighted by molar-refractivity contribution is -0.138. The van der Waals surface area contributed by atoms with Crippen LogP contribution in [0.3, 0.4) is 0 Å². The van der Waals surface area contributed by atoms with E-state index in [0.717, 1.165) is 6.29 Å². The van der Waals surface area contributed by atoms with Crippen LogP contribution >= 0.6 is 0 Å². The van der Waals surface area contributed by atoms with E-state index < -0.39 is 12.9 Å². The predicted molar refractivity (Wildman–Crippen MR) is 133 cm³/mol. The van der Waals surface area contributed by atoms with Gasteiger partial charge in [-0.2, -0.15) is 0 Å². The first-order chi connectivity index (χ1) is 17.7. The highest BCUT2D eigenvalue weighted by atomic mass is 16.6. The lowest BCUT2D eigenvalue weighted by Crippen LogP contribution is -2.34. The fourth-order valence-corrected chi connectivity index (χ4v) is 2.41. The Morgan fingerprint density at radius 2 is 1.08 bits per heavy atom. The Hall–Kier alpha value is -2.32. The second kappa shape index (κ2) is 26.7. The van der Waals surface area contributed by atoms with E-state index in [2.05, 4.69) is 4.74 Å². The fraction of sp³-hybridized carbons (Fsp3) is 0.750. The van der Waals surface area contributed by atoms with Gasteiger partial charge in [-0.05, 0) is 13.8 Å². The van der Waals surface area contributed by atoms with Crippen molar-refractivity contribution in [2.45, 2.75) is 52.4 Å². The van der Waals surface area contributed by atoms with E-state index in [1.165, 1.54) is 13.8 Å². The Labute approximate surface area is 219 Å². The molecule has 0 aromatic rings. The molecule has 1 saturated heterocycles. The minimum absolute atomic E-state index is 0.0235. The molecule has 0 atom stereocenters. The lowest BCUT2D eigenvalue weighted by atomic mass is 9.64. The molecule has 1 heterocycles. The summed E-state index contributed by atoms with van der Waals surface area (Å²) in [6, 6.07) is 0. The summed E-state index contributed by atoms with van der Waals surface area (Å²) in [5.74, 6) is -0.455. The third-order valence-electron chi connectivity index (χ3n) is 4.23. The van der Waals surface area contributed by atoms with Gasteiger partial charge in [-0.15, -0.1) is 0 Å². The van der Waals surface area contributed by atoms with Crippen LogP contribution in [0.5, 0.6) is 0 Å². The minimum atomic E-state index is -1.22. The fourth-order valence-electron chi connectivity index (χ4n) is 2.41. The zero-order chi connectivity index (χ0) is 28.3. The van der Waals surface area contributed by atoms with Crippen LogP contribution in [-0.2, 0) is 57.1 Å². The maximum atomic E-state index is 11.5. The first-order valence-electron chi connectivity index (χ1n) is 12.1. The molecule has 1 aliphatic heterocycles. The van der Waals surface area contributed by atoms with Crippen molar-refractivity contribution in [2.24, 2.45) is 0 Å². The van der Waals surface area contributed by atoms with Gasteiger partial charge >= 0.3 is 6.92 Å². The Morgan fingerprint density at radius 1 is 0.703 bits per heavy atom. The van der Waals surface area contributed by atoms with Gasteiger partial charge in [0.1, 0.15) is 17.9 Å². The molecule has 13 heteroatoms. The maximum Gasteiger partial charge on any atom is 0.503 e. The van der Waals surface area contributed by atoms with Gasteiger partial charge in [0, 0.05) is 46.3 Å². The normalized spacial score (nSPS) is 12.3. The summed E-state index contributed by atoms with van der Waals surface area (Å²) in [7, 11) is 3.25.